The molecule has 1 atom stereocenters. The highest BCUT2D eigenvalue weighted by atomic mass is 79.9. The van der Waals surface area contributed by atoms with E-state index in [1.807, 2.05) is 30.3 Å². The molecule has 1 aliphatic heterocycles. The van der Waals surface area contributed by atoms with Gasteiger partial charge < -0.3 is 25.6 Å². The van der Waals surface area contributed by atoms with Crippen LogP contribution in [0.3, 0.4) is 0 Å². The number of ether oxygens (including phenoxy) is 1. The van der Waals surface area contributed by atoms with Gasteiger partial charge in [0, 0.05) is 47.9 Å². The van der Waals surface area contributed by atoms with E-state index >= 15 is 0 Å². The topological polar surface area (TPSA) is 100 Å². The molecule has 0 bridgehead atoms. The molecule has 1 saturated heterocycles. The predicted molar refractivity (Wildman–Crippen MR) is 161 cm³/mol. The van der Waals surface area contributed by atoms with Crippen LogP contribution in [0.4, 0.5) is 28.8 Å². The van der Waals surface area contributed by atoms with Crippen molar-refractivity contribution in [2.45, 2.75) is 18.9 Å². The number of likely N-dealkylation sites (N-methyl/N-ethyl adjacent to an activating group) is 1. The van der Waals surface area contributed by atoms with E-state index in [0.29, 0.717) is 17.8 Å². The lowest BCUT2D eigenvalue weighted by Crippen LogP contribution is -2.39. The number of aromatic nitrogens is 4. The van der Waals surface area contributed by atoms with Crippen molar-refractivity contribution >= 4 is 69.0 Å². The zero-order chi connectivity index (χ0) is 26.6. The molecular formula is C27H32BrN8OP. The van der Waals surface area contributed by atoms with Crippen molar-refractivity contribution in [1.82, 2.24) is 24.8 Å². The Balaban J connectivity index is 1.41. The van der Waals surface area contributed by atoms with Gasteiger partial charge in [-0.25, -0.2) is 4.98 Å². The second-order valence-corrected chi connectivity index (χ2v) is 12.7. The number of fused-ring (bicyclic) bond motifs is 1. The quantitative estimate of drug-likeness (QED) is 0.227. The summed E-state index contributed by atoms with van der Waals surface area (Å²) in [4.78, 5) is 20.7. The number of rotatable bonds is 8. The Hall–Kier alpha value is -3.07. The van der Waals surface area contributed by atoms with Crippen LogP contribution in [0.25, 0.3) is 11.0 Å². The number of likely N-dealkylation sites (tertiary alicyclic amines) is 1. The van der Waals surface area contributed by atoms with E-state index in [1.54, 1.807) is 25.7 Å². The van der Waals surface area contributed by atoms with E-state index in [1.165, 1.54) is 6.42 Å². The molecule has 3 N–H and O–H groups in total. The maximum Gasteiger partial charge on any atom is 0.229 e. The summed E-state index contributed by atoms with van der Waals surface area (Å²) in [5.41, 5.74) is 4.58. The molecule has 198 valence electrons. The average molecular weight is 595 g/mol. The lowest BCUT2D eigenvalue weighted by Gasteiger charge is -2.31. The van der Waals surface area contributed by atoms with Gasteiger partial charge in [-0.15, -0.1) is 0 Å². The summed E-state index contributed by atoms with van der Waals surface area (Å²) in [7, 11) is 3.38. The van der Waals surface area contributed by atoms with Crippen LogP contribution < -0.4 is 26.0 Å². The zero-order valence-corrected chi connectivity index (χ0v) is 24.5. The van der Waals surface area contributed by atoms with Crippen LogP contribution >= 0.6 is 23.9 Å². The average Bonchev–Trinajstić information content (AvgIpc) is 2.90. The van der Waals surface area contributed by atoms with Crippen molar-refractivity contribution in [3.05, 3.63) is 53.4 Å². The Bertz CT molecular complexity index is 1440. The van der Waals surface area contributed by atoms with Gasteiger partial charge in [-0.3, -0.25) is 9.97 Å². The zero-order valence-electron chi connectivity index (χ0n) is 22.0. The minimum absolute atomic E-state index is 0.415. The molecule has 0 aliphatic carbocycles. The summed E-state index contributed by atoms with van der Waals surface area (Å²) < 4.78 is 6.38. The highest BCUT2D eigenvalue weighted by molar-refractivity contribution is 9.10. The molecule has 2 aromatic carbocycles. The minimum atomic E-state index is -0.456. The van der Waals surface area contributed by atoms with Gasteiger partial charge >= 0.3 is 0 Å². The van der Waals surface area contributed by atoms with Crippen molar-refractivity contribution < 1.29 is 4.74 Å². The Morgan fingerprint density at radius 3 is 2.68 bits per heavy atom. The van der Waals surface area contributed by atoms with Gasteiger partial charge in [-0.2, -0.15) is 4.98 Å². The van der Waals surface area contributed by atoms with Crippen LogP contribution in [-0.2, 0) is 0 Å². The molecular weight excluding hydrogens is 563 g/mol. The fourth-order valence-corrected chi connectivity index (χ4v) is 6.25. The summed E-state index contributed by atoms with van der Waals surface area (Å²) in [5, 5.41) is 11.7. The Labute approximate surface area is 232 Å². The van der Waals surface area contributed by atoms with Crippen LogP contribution in [0, 0.1) is 0 Å². The van der Waals surface area contributed by atoms with Gasteiger partial charge in [0.2, 0.25) is 5.95 Å². The Morgan fingerprint density at radius 2 is 1.89 bits per heavy atom. The maximum absolute atomic E-state index is 5.62. The molecule has 3 heterocycles. The van der Waals surface area contributed by atoms with Crippen LogP contribution in [0.15, 0.2) is 53.4 Å². The first-order chi connectivity index (χ1) is 18.4. The van der Waals surface area contributed by atoms with Crippen LogP contribution in [0.2, 0.25) is 0 Å². The van der Waals surface area contributed by atoms with Crippen molar-refractivity contribution in [2.24, 2.45) is 0 Å². The summed E-state index contributed by atoms with van der Waals surface area (Å²) in [6.45, 7) is 6.60. The van der Waals surface area contributed by atoms with E-state index in [-0.39, 0.29) is 0 Å². The smallest absolute Gasteiger partial charge is 0.229 e. The van der Waals surface area contributed by atoms with Gasteiger partial charge in [0.15, 0.2) is 0 Å². The molecule has 4 aromatic rings. The fraction of sp³-hybridized carbons (Fsp3) is 0.333. The summed E-state index contributed by atoms with van der Waals surface area (Å²) >= 11 is 3.61. The van der Waals surface area contributed by atoms with Gasteiger partial charge in [-0.1, -0.05) is 7.92 Å². The summed E-state index contributed by atoms with van der Waals surface area (Å²) in [6, 6.07) is 10.5. The number of piperidine rings is 1. The first-order valence-electron chi connectivity index (χ1n) is 12.5. The molecule has 11 heteroatoms. The van der Waals surface area contributed by atoms with Crippen LogP contribution in [0.1, 0.15) is 12.8 Å². The number of nitrogens with one attached hydrogen (secondary N) is 3. The first kappa shape index (κ1) is 26.5. The standard InChI is InChI=1S/C27H32BrN8OP/c1-36-13-5-6-18(16-36)32-17-7-10-23(37-2)22(14-17)34-27-31-15-19(28)26(35-27)33-21-9-8-20-24(25(21)38(3)4)30-12-11-29-20/h7-12,14-15,18,32H,5-6,13,16H2,1-4H3,(H2,31,33,34,35). The molecule has 5 rings (SSSR count). The summed E-state index contributed by atoms with van der Waals surface area (Å²) in [5.74, 6) is 1.83. The highest BCUT2D eigenvalue weighted by Crippen LogP contribution is 2.35. The third kappa shape index (κ3) is 5.98. The third-order valence-corrected chi connectivity index (χ3v) is 8.43. The van der Waals surface area contributed by atoms with Gasteiger partial charge in [-0.05, 0) is 86.0 Å². The fourth-order valence-electron chi connectivity index (χ4n) is 4.75. The molecule has 0 amide bonds. The van der Waals surface area contributed by atoms with Crippen molar-refractivity contribution in [2.75, 3.05) is 56.5 Å². The number of nitrogens with zero attached hydrogens (tertiary/aromatic N) is 5. The number of halogens is 1. The normalized spacial score (nSPS) is 16.0. The van der Waals surface area contributed by atoms with E-state index in [0.717, 1.165) is 63.1 Å². The monoisotopic (exact) mass is 594 g/mol. The number of hydrogen-bond acceptors (Lipinski definition) is 9. The number of anilines is 5. The van der Waals surface area contributed by atoms with Crippen LogP contribution in [0.5, 0.6) is 5.75 Å². The van der Waals surface area contributed by atoms with Crippen LogP contribution in [-0.4, -0.2) is 71.5 Å². The number of hydrogen-bond donors (Lipinski definition) is 3. The first-order valence-corrected chi connectivity index (χ1v) is 15.5. The molecule has 1 aliphatic rings. The highest BCUT2D eigenvalue weighted by Gasteiger charge is 2.18. The number of methoxy groups -OCH3 is 1. The molecule has 38 heavy (non-hydrogen) atoms. The molecule has 1 unspecified atom stereocenters. The molecule has 1 fully saturated rings. The van der Waals surface area contributed by atoms with E-state index in [4.69, 9.17) is 9.72 Å². The SMILES string of the molecule is COc1ccc(NC2CCCN(C)C2)cc1Nc1ncc(Br)c(Nc2ccc3nccnc3c2P(C)C)n1. The molecule has 0 radical (unpaired) electrons. The molecule has 0 spiro atoms. The maximum atomic E-state index is 5.62. The third-order valence-electron chi connectivity index (χ3n) is 6.50. The minimum Gasteiger partial charge on any atom is -0.495 e. The van der Waals surface area contributed by atoms with Gasteiger partial charge in [0.05, 0.1) is 28.3 Å². The van der Waals surface area contributed by atoms with Crippen molar-refractivity contribution in [3.63, 3.8) is 0 Å². The van der Waals surface area contributed by atoms with Crippen molar-refractivity contribution in [1.29, 1.82) is 0 Å². The molecule has 2 aromatic heterocycles. The number of benzene rings is 2. The molecule has 0 saturated carbocycles. The second-order valence-electron chi connectivity index (χ2n) is 9.58. The van der Waals surface area contributed by atoms with Crippen molar-refractivity contribution in [3.8, 4) is 5.75 Å². The Kier molecular flexibility index (Phi) is 8.21. The van der Waals surface area contributed by atoms with Gasteiger partial charge in [0.1, 0.15) is 11.6 Å². The van der Waals surface area contributed by atoms with E-state index in [9.17, 15) is 0 Å². The summed E-state index contributed by atoms with van der Waals surface area (Å²) in [6.07, 6.45) is 7.55. The molecule has 9 nitrogen and oxygen atoms in total. The van der Waals surface area contributed by atoms with E-state index in [2.05, 4.69) is 72.1 Å². The van der Waals surface area contributed by atoms with Gasteiger partial charge in [0.25, 0.3) is 0 Å². The lowest BCUT2D eigenvalue weighted by atomic mass is 10.1. The predicted octanol–water partition coefficient (Wildman–Crippen LogP) is 5.55. The Morgan fingerprint density at radius 1 is 1.05 bits per heavy atom. The van der Waals surface area contributed by atoms with E-state index < -0.39 is 7.92 Å². The lowest BCUT2D eigenvalue weighted by molar-refractivity contribution is 0.261. The second kappa shape index (κ2) is 11.8. The largest absolute Gasteiger partial charge is 0.495 e.